The van der Waals surface area contributed by atoms with Gasteiger partial charge in [0.2, 0.25) is 0 Å². The average Bonchev–Trinajstić information content (AvgIpc) is 3.51. The molecule has 0 unspecified atom stereocenters. The smallest absolute Gasteiger partial charge is 0.307 e. The van der Waals surface area contributed by atoms with Crippen molar-refractivity contribution in [1.29, 1.82) is 0 Å². The zero-order valence-electron chi connectivity index (χ0n) is 30.3. The maximum Gasteiger partial charge on any atom is 0.307 e. The second-order valence-electron chi connectivity index (χ2n) is 18.4. The zero-order chi connectivity index (χ0) is 33.7. The maximum atomic E-state index is 13.4. The number of ether oxygens (including phenoxy) is 2. The molecule has 0 amide bonds. The highest BCUT2D eigenvalue weighted by Crippen LogP contribution is 2.75. The quantitative estimate of drug-likeness (QED) is 0.291. The number of nitrogens with two attached hydrogens (primary N) is 1. The molecule has 1 aromatic heterocycles. The number of fused-ring (bicyclic) bond motifs is 3. The topological polar surface area (TPSA) is 112 Å². The predicted octanol–water partition coefficient (Wildman–Crippen LogP) is 7.17. The van der Waals surface area contributed by atoms with Crippen LogP contribution in [0.5, 0.6) is 0 Å². The number of nitrogens with zero attached hydrogens (tertiary/aromatic N) is 3. The first-order valence-corrected chi connectivity index (χ1v) is 18.2. The third kappa shape index (κ3) is 4.58. The van der Waals surface area contributed by atoms with Crippen LogP contribution in [0.2, 0.25) is 0 Å². The highest BCUT2D eigenvalue weighted by Gasteiger charge is 2.72. The summed E-state index contributed by atoms with van der Waals surface area (Å²) in [5.41, 5.74) is 6.79. The average molecular weight is 639 g/mol. The van der Waals surface area contributed by atoms with Crippen molar-refractivity contribution in [2.24, 2.45) is 68.3 Å². The van der Waals surface area contributed by atoms with Crippen LogP contribution < -0.4 is 5.73 Å². The van der Waals surface area contributed by atoms with Crippen LogP contribution in [0.25, 0.3) is 0 Å². The Balaban J connectivity index is 1.43. The number of rotatable bonds is 8. The number of carboxylic acid groups (broad SMARTS) is 1. The van der Waals surface area contributed by atoms with Crippen LogP contribution in [-0.2, 0) is 14.3 Å². The number of carboxylic acids is 1. The van der Waals surface area contributed by atoms with Crippen LogP contribution in [0.15, 0.2) is 24.0 Å². The van der Waals surface area contributed by atoms with Crippen molar-refractivity contribution in [3.8, 4) is 0 Å². The van der Waals surface area contributed by atoms with Crippen LogP contribution in [0.3, 0.4) is 0 Å². The molecule has 1 aliphatic heterocycles. The highest BCUT2D eigenvalue weighted by atomic mass is 16.5. The summed E-state index contributed by atoms with van der Waals surface area (Å²) >= 11 is 0. The monoisotopic (exact) mass is 638 g/mol. The van der Waals surface area contributed by atoms with E-state index in [0.29, 0.717) is 43.5 Å². The summed E-state index contributed by atoms with van der Waals surface area (Å²) < 4.78 is 15.7. The van der Waals surface area contributed by atoms with E-state index in [2.05, 4.69) is 85.6 Å². The van der Waals surface area contributed by atoms with Crippen LogP contribution in [0.1, 0.15) is 114 Å². The van der Waals surface area contributed by atoms with Crippen molar-refractivity contribution in [2.75, 3.05) is 19.8 Å². The molecule has 1 saturated heterocycles. The number of hydrogen-bond acceptors (Lipinski definition) is 6. The molecule has 2 bridgehead atoms. The molecule has 258 valence electrons. The molecule has 0 spiro atoms. The Morgan fingerprint density at radius 1 is 1.13 bits per heavy atom. The molecule has 3 saturated carbocycles. The first-order chi connectivity index (χ1) is 21.4. The lowest BCUT2D eigenvalue weighted by Crippen LogP contribution is -2.69. The molecule has 46 heavy (non-hydrogen) atoms. The van der Waals surface area contributed by atoms with E-state index in [0.717, 1.165) is 38.5 Å². The van der Waals surface area contributed by atoms with Gasteiger partial charge in [0.15, 0.2) is 0 Å². The number of hydrogen-bond donors (Lipinski definition) is 2. The zero-order valence-corrected chi connectivity index (χ0v) is 30.3. The maximum absolute atomic E-state index is 13.4. The molecular weight excluding hydrogens is 576 g/mol. The molecule has 3 N–H and O–H groups in total. The lowest BCUT2D eigenvalue weighted by molar-refractivity contribution is -0.252. The molecule has 12 atom stereocenters. The summed E-state index contributed by atoms with van der Waals surface area (Å²) in [7, 11) is 0. The Morgan fingerprint density at radius 2 is 1.85 bits per heavy atom. The van der Waals surface area contributed by atoms with Gasteiger partial charge in [-0.1, -0.05) is 79.2 Å². The Labute approximate surface area is 277 Å². The van der Waals surface area contributed by atoms with Gasteiger partial charge in [-0.25, -0.2) is 4.68 Å². The molecule has 8 heteroatoms. The van der Waals surface area contributed by atoms with Crippen LogP contribution in [0.4, 0.5) is 0 Å². The Bertz CT molecular complexity index is 1340. The molecule has 6 rings (SSSR count). The summed E-state index contributed by atoms with van der Waals surface area (Å²) in [5.74, 6) is 0.771. The van der Waals surface area contributed by atoms with Gasteiger partial charge < -0.3 is 20.3 Å². The summed E-state index contributed by atoms with van der Waals surface area (Å²) in [5, 5.41) is 19.8. The fourth-order valence-corrected chi connectivity index (χ4v) is 12.0. The van der Waals surface area contributed by atoms with Gasteiger partial charge in [0.05, 0.1) is 44.1 Å². The normalized spacial score (nSPS) is 45.7. The van der Waals surface area contributed by atoms with E-state index in [1.807, 2.05) is 10.9 Å². The first-order valence-electron chi connectivity index (χ1n) is 18.2. The second kappa shape index (κ2) is 11.1. The summed E-state index contributed by atoms with van der Waals surface area (Å²) in [6.07, 6.45) is 12.0. The molecule has 0 radical (unpaired) electrons. The molecule has 5 aliphatic rings. The summed E-state index contributed by atoms with van der Waals surface area (Å²) in [6, 6.07) is 0.00434. The van der Waals surface area contributed by atoms with Gasteiger partial charge in [-0.2, -0.15) is 0 Å². The van der Waals surface area contributed by atoms with Gasteiger partial charge in [0.25, 0.3) is 0 Å². The Morgan fingerprint density at radius 3 is 2.46 bits per heavy atom. The van der Waals surface area contributed by atoms with E-state index in [-0.39, 0.29) is 45.1 Å². The SMILES string of the molecule is CC(C)[C@@H](C)[C@@]1(C)CC[C@]2(C)[C@H]3CC[C@@H]4[C@@]5(COC[C@@]4(C)[C@@H](OC[C@](C)(N)C(C)C)[C@H](n4ccnn4)C5)C3=CC[C@@]2(C)[C@@H]1C(=O)O. The van der Waals surface area contributed by atoms with E-state index in [1.165, 1.54) is 5.57 Å². The van der Waals surface area contributed by atoms with Crippen molar-refractivity contribution in [1.82, 2.24) is 15.0 Å². The van der Waals surface area contributed by atoms with Gasteiger partial charge in [-0.15, -0.1) is 5.10 Å². The van der Waals surface area contributed by atoms with E-state index in [9.17, 15) is 9.90 Å². The number of allylic oxidation sites excluding steroid dienone is 1. The second-order valence-corrected chi connectivity index (χ2v) is 18.4. The number of aromatic nitrogens is 3. The van der Waals surface area contributed by atoms with Gasteiger partial charge in [0.1, 0.15) is 0 Å². The van der Waals surface area contributed by atoms with Gasteiger partial charge >= 0.3 is 5.97 Å². The Hall–Kier alpha value is -1.77. The minimum absolute atomic E-state index is 0.00434. The molecule has 4 aliphatic carbocycles. The van der Waals surface area contributed by atoms with E-state index in [4.69, 9.17) is 15.2 Å². The minimum Gasteiger partial charge on any atom is -0.481 e. The minimum atomic E-state index is -0.613. The largest absolute Gasteiger partial charge is 0.481 e. The van der Waals surface area contributed by atoms with E-state index < -0.39 is 17.4 Å². The lowest BCUT2D eigenvalue weighted by atomic mass is 9.34. The molecule has 0 aromatic carbocycles. The summed E-state index contributed by atoms with van der Waals surface area (Å²) in [4.78, 5) is 13.4. The first kappa shape index (κ1) is 34.1. The predicted molar refractivity (Wildman–Crippen MR) is 180 cm³/mol. The van der Waals surface area contributed by atoms with Crippen molar-refractivity contribution in [2.45, 2.75) is 125 Å². The molecule has 1 aromatic rings. The highest BCUT2D eigenvalue weighted by molar-refractivity contribution is 5.73. The van der Waals surface area contributed by atoms with Crippen LogP contribution in [0, 0.1) is 62.6 Å². The van der Waals surface area contributed by atoms with Gasteiger partial charge in [-0.05, 0) is 91.3 Å². The molecule has 8 nitrogen and oxygen atoms in total. The lowest BCUT2D eigenvalue weighted by Gasteiger charge is -2.71. The van der Waals surface area contributed by atoms with E-state index in [1.54, 1.807) is 6.20 Å². The number of carbonyl (C=O) groups is 1. The number of aliphatic carboxylic acids is 1. The molecule has 4 fully saturated rings. The van der Waals surface area contributed by atoms with E-state index >= 15 is 0 Å². The third-order valence-corrected chi connectivity index (χ3v) is 15.8. The summed E-state index contributed by atoms with van der Waals surface area (Å²) in [6.45, 7) is 24.5. The van der Waals surface area contributed by atoms with Crippen molar-refractivity contribution in [3.05, 3.63) is 24.0 Å². The fraction of sp³-hybridized carbons (Fsp3) is 0.868. The van der Waals surface area contributed by atoms with Crippen molar-refractivity contribution >= 4 is 5.97 Å². The Kier molecular flexibility index (Phi) is 8.25. The standard InChI is InChI=1S/C38H62N4O4/c1-23(2)25(5)33(6)15-16-35(8)26-11-12-29-34(7)20-45-22-38(29,27(26)13-14-36(35,9)30(33)32(43)44)19-28(42-18-17-40-41-42)31(34)46-21-37(10,39)24(3)4/h13,17-18,23-26,28-31H,11-12,14-16,19-22,39H2,1-10H3,(H,43,44)/t25-,26+,28-,29+,30-,31+,33-,34-,35-,36+,37+,38+/m1/s1. The van der Waals surface area contributed by atoms with Crippen LogP contribution >= 0.6 is 0 Å². The van der Waals surface area contributed by atoms with Crippen molar-refractivity contribution < 1.29 is 19.4 Å². The third-order valence-electron chi connectivity index (χ3n) is 15.8. The van der Waals surface area contributed by atoms with Crippen molar-refractivity contribution in [3.63, 3.8) is 0 Å². The molecule has 2 heterocycles. The van der Waals surface area contributed by atoms with Gasteiger partial charge in [-0.3, -0.25) is 4.79 Å². The van der Waals surface area contributed by atoms with Gasteiger partial charge in [0, 0.05) is 22.6 Å². The van der Waals surface area contributed by atoms with Crippen LogP contribution in [-0.4, -0.2) is 57.5 Å². The fourth-order valence-electron chi connectivity index (χ4n) is 12.0. The molecular formula is C38H62N4O4.